The highest BCUT2D eigenvalue weighted by Crippen LogP contribution is 2.14. The second-order valence-electron chi connectivity index (χ2n) is 3.23. The van der Waals surface area contributed by atoms with Crippen molar-refractivity contribution < 1.29 is 14.3 Å². The summed E-state index contributed by atoms with van der Waals surface area (Å²) in [5.74, 6) is 0.244. The van der Waals surface area contributed by atoms with Crippen molar-refractivity contribution in [1.82, 2.24) is 10.3 Å². The number of hydrogen-bond donors (Lipinski definition) is 2. The molecular weight excluding hydrogens is 222 g/mol. The molecule has 1 amide bonds. The predicted molar refractivity (Wildman–Crippen MR) is 63.0 cm³/mol. The minimum Gasteiger partial charge on any atom is -0.494 e. The van der Waals surface area contributed by atoms with Crippen molar-refractivity contribution in [3.05, 3.63) is 24.0 Å². The van der Waals surface area contributed by atoms with Gasteiger partial charge in [-0.15, -0.1) is 0 Å². The van der Waals surface area contributed by atoms with Crippen LogP contribution in [-0.2, 0) is 4.74 Å². The van der Waals surface area contributed by atoms with Crippen molar-refractivity contribution in [3.8, 4) is 5.75 Å². The second kappa shape index (κ2) is 7.59. The Morgan fingerprint density at radius 1 is 1.53 bits per heavy atom. The number of nitrogens with zero attached hydrogens (tertiary/aromatic N) is 1. The van der Waals surface area contributed by atoms with E-state index in [-0.39, 0.29) is 5.91 Å². The van der Waals surface area contributed by atoms with Gasteiger partial charge in [-0.05, 0) is 6.07 Å². The Kier molecular flexibility index (Phi) is 5.98. The minimum atomic E-state index is -0.208. The summed E-state index contributed by atoms with van der Waals surface area (Å²) in [6, 6.07) is 1.61. The predicted octanol–water partition coefficient (Wildman–Crippen LogP) is -0.205. The zero-order valence-electron chi connectivity index (χ0n) is 9.81. The van der Waals surface area contributed by atoms with Gasteiger partial charge in [-0.1, -0.05) is 0 Å². The molecule has 94 valence electrons. The molecule has 0 fully saturated rings. The summed E-state index contributed by atoms with van der Waals surface area (Å²) in [5.41, 5.74) is 5.72. The van der Waals surface area contributed by atoms with Crippen LogP contribution in [0.3, 0.4) is 0 Å². The Balaban J connectivity index is 2.41. The van der Waals surface area contributed by atoms with Crippen molar-refractivity contribution in [2.45, 2.75) is 0 Å². The Hall–Kier alpha value is -1.66. The van der Waals surface area contributed by atoms with Crippen LogP contribution in [-0.4, -0.2) is 44.3 Å². The standard InChI is InChI=1S/C11H17N3O3/c1-16-10-8-13-4-2-9(10)11(15)14-5-7-17-6-3-12/h2,4,8H,3,5-7,12H2,1H3,(H,14,15). The first-order chi connectivity index (χ1) is 8.29. The van der Waals surface area contributed by atoms with E-state index in [4.69, 9.17) is 15.2 Å². The molecule has 17 heavy (non-hydrogen) atoms. The molecule has 0 aliphatic rings. The van der Waals surface area contributed by atoms with E-state index in [1.54, 1.807) is 12.3 Å². The molecule has 0 atom stereocenters. The SMILES string of the molecule is COc1cnccc1C(=O)NCCOCCN. The van der Waals surface area contributed by atoms with Gasteiger partial charge in [0.25, 0.3) is 5.91 Å². The molecular formula is C11H17N3O3. The minimum absolute atomic E-state index is 0.208. The molecule has 0 saturated heterocycles. The maximum Gasteiger partial charge on any atom is 0.255 e. The van der Waals surface area contributed by atoms with Gasteiger partial charge in [-0.25, -0.2) is 0 Å². The maximum atomic E-state index is 11.8. The monoisotopic (exact) mass is 239 g/mol. The highest BCUT2D eigenvalue weighted by atomic mass is 16.5. The second-order valence-corrected chi connectivity index (χ2v) is 3.23. The molecule has 1 aromatic rings. The number of aromatic nitrogens is 1. The van der Waals surface area contributed by atoms with Crippen LogP contribution in [0.4, 0.5) is 0 Å². The molecule has 0 aromatic carbocycles. The average Bonchev–Trinajstić information content (AvgIpc) is 2.38. The third-order valence-corrected chi connectivity index (χ3v) is 2.04. The third kappa shape index (κ3) is 4.38. The normalized spacial score (nSPS) is 10.0. The Morgan fingerprint density at radius 2 is 2.35 bits per heavy atom. The highest BCUT2D eigenvalue weighted by Gasteiger charge is 2.10. The lowest BCUT2D eigenvalue weighted by atomic mass is 10.2. The summed E-state index contributed by atoms with van der Waals surface area (Å²) in [7, 11) is 1.50. The fourth-order valence-corrected chi connectivity index (χ4v) is 1.25. The van der Waals surface area contributed by atoms with Gasteiger partial charge in [0.05, 0.1) is 32.1 Å². The first-order valence-corrected chi connectivity index (χ1v) is 5.33. The molecule has 0 spiro atoms. The van der Waals surface area contributed by atoms with Crippen LogP contribution in [0, 0.1) is 0 Å². The van der Waals surface area contributed by atoms with Crippen LogP contribution in [0.1, 0.15) is 10.4 Å². The number of amides is 1. The van der Waals surface area contributed by atoms with E-state index >= 15 is 0 Å². The lowest BCUT2D eigenvalue weighted by molar-refractivity contribution is 0.0917. The summed E-state index contributed by atoms with van der Waals surface area (Å²) < 4.78 is 10.2. The maximum absolute atomic E-state index is 11.8. The van der Waals surface area contributed by atoms with Gasteiger partial charge in [-0.2, -0.15) is 0 Å². The Bertz CT molecular complexity index is 358. The van der Waals surface area contributed by atoms with Crippen molar-refractivity contribution in [2.75, 3.05) is 33.4 Å². The summed E-state index contributed by atoms with van der Waals surface area (Å²) in [6.45, 7) is 1.85. The topological polar surface area (TPSA) is 86.5 Å². The zero-order valence-corrected chi connectivity index (χ0v) is 9.81. The Labute approximate surface area is 100 Å². The Morgan fingerprint density at radius 3 is 3.06 bits per heavy atom. The lowest BCUT2D eigenvalue weighted by Gasteiger charge is -2.08. The van der Waals surface area contributed by atoms with E-state index in [2.05, 4.69) is 10.3 Å². The van der Waals surface area contributed by atoms with Crippen LogP contribution in [0.25, 0.3) is 0 Å². The van der Waals surface area contributed by atoms with Crippen LogP contribution in [0.5, 0.6) is 5.75 Å². The van der Waals surface area contributed by atoms with Gasteiger partial charge in [0.2, 0.25) is 0 Å². The van der Waals surface area contributed by atoms with Gasteiger partial charge in [0.1, 0.15) is 5.75 Å². The molecule has 0 saturated carbocycles. The van der Waals surface area contributed by atoms with Gasteiger partial charge in [-0.3, -0.25) is 9.78 Å². The van der Waals surface area contributed by atoms with E-state index in [1.807, 2.05) is 0 Å². The molecule has 6 nitrogen and oxygen atoms in total. The molecule has 1 aromatic heterocycles. The molecule has 1 heterocycles. The van der Waals surface area contributed by atoms with Crippen LogP contribution >= 0.6 is 0 Å². The molecule has 0 unspecified atom stereocenters. The molecule has 6 heteroatoms. The smallest absolute Gasteiger partial charge is 0.255 e. The summed E-state index contributed by atoms with van der Waals surface area (Å²) in [4.78, 5) is 15.6. The summed E-state index contributed by atoms with van der Waals surface area (Å²) in [6.07, 6.45) is 3.04. The number of ether oxygens (including phenoxy) is 2. The van der Waals surface area contributed by atoms with Gasteiger partial charge >= 0.3 is 0 Å². The van der Waals surface area contributed by atoms with Crippen molar-refractivity contribution in [2.24, 2.45) is 5.73 Å². The molecule has 0 bridgehead atoms. The van der Waals surface area contributed by atoms with Crippen molar-refractivity contribution in [1.29, 1.82) is 0 Å². The molecule has 3 N–H and O–H groups in total. The molecule has 0 aliphatic heterocycles. The average molecular weight is 239 g/mol. The van der Waals surface area contributed by atoms with Gasteiger partial charge in [0.15, 0.2) is 0 Å². The summed E-state index contributed by atoms with van der Waals surface area (Å²) >= 11 is 0. The van der Waals surface area contributed by atoms with E-state index in [9.17, 15) is 4.79 Å². The lowest BCUT2D eigenvalue weighted by Crippen LogP contribution is -2.28. The van der Waals surface area contributed by atoms with Crippen molar-refractivity contribution in [3.63, 3.8) is 0 Å². The fraction of sp³-hybridized carbons (Fsp3) is 0.455. The van der Waals surface area contributed by atoms with Gasteiger partial charge < -0.3 is 20.5 Å². The van der Waals surface area contributed by atoms with E-state index in [0.717, 1.165) is 0 Å². The summed E-state index contributed by atoms with van der Waals surface area (Å²) in [5, 5.41) is 2.72. The van der Waals surface area contributed by atoms with Crippen LogP contribution in [0.15, 0.2) is 18.5 Å². The number of nitrogens with one attached hydrogen (secondary N) is 1. The first kappa shape index (κ1) is 13.4. The number of hydrogen-bond acceptors (Lipinski definition) is 5. The first-order valence-electron chi connectivity index (χ1n) is 5.33. The zero-order chi connectivity index (χ0) is 12.5. The van der Waals surface area contributed by atoms with E-state index < -0.39 is 0 Å². The van der Waals surface area contributed by atoms with Crippen molar-refractivity contribution >= 4 is 5.91 Å². The molecule has 1 rings (SSSR count). The molecule has 0 radical (unpaired) electrons. The van der Waals surface area contributed by atoms with Crippen LogP contribution < -0.4 is 15.8 Å². The van der Waals surface area contributed by atoms with E-state index in [0.29, 0.717) is 37.6 Å². The largest absolute Gasteiger partial charge is 0.494 e. The molecule has 0 aliphatic carbocycles. The number of carbonyl (C=O) groups excluding carboxylic acids is 1. The van der Waals surface area contributed by atoms with Gasteiger partial charge in [0, 0.05) is 19.3 Å². The third-order valence-electron chi connectivity index (χ3n) is 2.04. The van der Waals surface area contributed by atoms with Crippen LogP contribution in [0.2, 0.25) is 0 Å². The number of methoxy groups -OCH3 is 1. The quantitative estimate of drug-likeness (QED) is 0.643. The number of pyridine rings is 1. The number of carbonyl (C=O) groups is 1. The number of rotatable bonds is 7. The van der Waals surface area contributed by atoms with E-state index in [1.165, 1.54) is 13.3 Å². The highest BCUT2D eigenvalue weighted by molar-refractivity contribution is 5.96. The fourth-order valence-electron chi connectivity index (χ4n) is 1.25. The number of nitrogens with two attached hydrogens (primary N) is 1.